The van der Waals surface area contributed by atoms with Crippen LogP contribution in [0.4, 0.5) is 9.59 Å². The molecule has 0 saturated heterocycles. The Morgan fingerprint density at radius 2 is 1.73 bits per heavy atom. The number of hydrogen-bond acceptors (Lipinski definition) is 6. The highest BCUT2D eigenvalue weighted by atomic mass is 16.5. The van der Waals surface area contributed by atoms with E-state index in [1.807, 2.05) is 44.2 Å². The van der Waals surface area contributed by atoms with Crippen molar-refractivity contribution in [2.24, 2.45) is 5.92 Å². The summed E-state index contributed by atoms with van der Waals surface area (Å²) < 4.78 is 5.23. The molecule has 1 rings (SSSR count). The van der Waals surface area contributed by atoms with Gasteiger partial charge in [-0.05, 0) is 37.2 Å². The van der Waals surface area contributed by atoms with Crippen molar-refractivity contribution in [3.63, 3.8) is 0 Å². The molecule has 0 saturated carbocycles. The van der Waals surface area contributed by atoms with Gasteiger partial charge in [0.15, 0.2) is 5.78 Å². The molecule has 184 valence electrons. The number of amides is 3. The first kappa shape index (κ1) is 27.9. The lowest BCUT2D eigenvalue weighted by atomic mass is 9.95. The molecular formula is C23H35N3O7. The average Bonchev–Trinajstić information content (AvgIpc) is 2.80. The van der Waals surface area contributed by atoms with Crippen LogP contribution in [0, 0.1) is 5.92 Å². The zero-order chi connectivity index (χ0) is 24.6. The molecule has 0 aromatic heterocycles. The van der Waals surface area contributed by atoms with Crippen LogP contribution in [-0.4, -0.2) is 59.3 Å². The van der Waals surface area contributed by atoms with Gasteiger partial charge in [-0.1, -0.05) is 50.6 Å². The fraction of sp³-hybridized carbons (Fsp3) is 0.565. The first-order valence-electron chi connectivity index (χ1n) is 11.2. The van der Waals surface area contributed by atoms with Gasteiger partial charge in [-0.2, -0.15) is 0 Å². The summed E-state index contributed by atoms with van der Waals surface area (Å²) in [5.74, 6) is -1.31. The van der Waals surface area contributed by atoms with Crippen molar-refractivity contribution in [3.05, 3.63) is 35.9 Å². The first-order valence-corrected chi connectivity index (χ1v) is 11.2. The fourth-order valence-electron chi connectivity index (χ4n) is 3.33. The number of rotatable bonds is 15. The minimum atomic E-state index is -1.13. The van der Waals surface area contributed by atoms with Crippen LogP contribution in [0.3, 0.4) is 0 Å². The topological polar surface area (TPSA) is 154 Å². The van der Waals surface area contributed by atoms with Crippen LogP contribution in [-0.2, 0) is 20.9 Å². The Balaban J connectivity index is 2.73. The van der Waals surface area contributed by atoms with Gasteiger partial charge in [0.2, 0.25) is 5.91 Å². The number of aliphatic hydroxyl groups excluding tert-OH is 1. The molecule has 33 heavy (non-hydrogen) atoms. The fourth-order valence-corrected chi connectivity index (χ4v) is 3.33. The minimum Gasteiger partial charge on any atom is -0.465 e. The van der Waals surface area contributed by atoms with Crippen LogP contribution in [0.2, 0.25) is 0 Å². The van der Waals surface area contributed by atoms with Crippen LogP contribution in [0.5, 0.6) is 0 Å². The molecule has 0 aliphatic heterocycles. The highest BCUT2D eigenvalue weighted by Crippen LogP contribution is 2.13. The predicted molar refractivity (Wildman–Crippen MR) is 122 cm³/mol. The molecule has 0 bridgehead atoms. The molecule has 3 amide bonds. The van der Waals surface area contributed by atoms with Gasteiger partial charge in [0, 0.05) is 6.54 Å². The standard InChI is InChI=1S/C23H35N3O7/c1-3-9-16(2)20(26-23(32)33-15-17-10-5-4-6-11-17)21(29)25-18(19(28)14-27)12-7-8-13-24-22(30)31/h4-6,10-11,16,18,20,24,27H,3,7-9,12-15H2,1-2H3,(H,25,29)(H,26,32)(H,30,31). The Kier molecular flexibility index (Phi) is 13.2. The quantitative estimate of drug-likeness (QED) is 0.249. The van der Waals surface area contributed by atoms with Crippen molar-refractivity contribution in [1.29, 1.82) is 0 Å². The van der Waals surface area contributed by atoms with Gasteiger partial charge in [-0.15, -0.1) is 0 Å². The van der Waals surface area contributed by atoms with E-state index in [-0.39, 0.29) is 25.5 Å². The van der Waals surface area contributed by atoms with Crippen LogP contribution < -0.4 is 16.0 Å². The molecule has 5 N–H and O–H groups in total. The normalized spacial score (nSPS) is 13.3. The zero-order valence-corrected chi connectivity index (χ0v) is 19.2. The highest BCUT2D eigenvalue weighted by molar-refractivity contribution is 5.92. The SMILES string of the molecule is CCCC(C)C(NC(=O)OCc1ccccc1)C(=O)NC(CCCCNC(=O)O)C(=O)CO. The molecular weight excluding hydrogens is 430 g/mol. The molecule has 0 spiro atoms. The Morgan fingerprint density at radius 3 is 2.33 bits per heavy atom. The number of aliphatic hydroxyl groups is 1. The second-order valence-electron chi connectivity index (χ2n) is 7.86. The molecule has 1 aromatic rings. The molecule has 3 unspecified atom stereocenters. The number of nitrogens with one attached hydrogen (secondary N) is 3. The van der Waals surface area contributed by atoms with Crippen molar-refractivity contribution >= 4 is 23.9 Å². The molecule has 1 aromatic carbocycles. The third kappa shape index (κ3) is 11.3. The van der Waals surface area contributed by atoms with E-state index in [1.165, 1.54) is 0 Å². The number of unbranched alkanes of at least 4 members (excludes halogenated alkanes) is 1. The summed E-state index contributed by atoms with van der Waals surface area (Å²) in [7, 11) is 0. The maximum Gasteiger partial charge on any atom is 0.408 e. The molecule has 0 fully saturated rings. The molecule has 10 nitrogen and oxygen atoms in total. The van der Waals surface area contributed by atoms with Gasteiger partial charge in [-0.3, -0.25) is 9.59 Å². The van der Waals surface area contributed by atoms with Gasteiger partial charge in [0.25, 0.3) is 0 Å². The Bertz CT molecular complexity index is 758. The van der Waals surface area contributed by atoms with Crippen molar-refractivity contribution < 1.29 is 34.1 Å². The van der Waals surface area contributed by atoms with E-state index < -0.39 is 42.6 Å². The van der Waals surface area contributed by atoms with E-state index in [4.69, 9.17) is 9.84 Å². The number of ether oxygens (including phenoxy) is 1. The summed E-state index contributed by atoms with van der Waals surface area (Å²) >= 11 is 0. The van der Waals surface area contributed by atoms with Crippen LogP contribution in [0.25, 0.3) is 0 Å². The Labute approximate surface area is 194 Å². The van der Waals surface area contributed by atoms with Gasteiger partial charge in [-0.25, -0.2) is 9.59 Å². The number of benzene rings is 1. The van der Waals surface area contributed by atoms with Crippen molar-refractivity contribution in [2.75, 3.05) is 13.2 Å². The van der Waals surface area contributed by atoms with Crippen LogP contribution in [0.15, 0.2) is 30.3 Å². The summed E-state index contributed by atoms with van der Waals surface area (Å²) in [6.45, 7) is 3.32. The summed E-state index contributed by atoms with van der Waals surface area (Å²) in [5.41, 5.74) is 0.807. The monoisotopic (exact) mass is 465 g/mol. The van der Waals surface area contributed by atoms with Crippen LogP contribution in [0.1, 0.15) is 51.5 Å². The number of carbonyl (C=O) groups excluding carboxylic acids is 3. The van der Waals surface area contributed by atoms with Gasteiger partial charge in [0.1, 0.15) is 19.3 Å². The van der Waals surface area contributed by atoms with E-state index in [0.717, 1.165) is 12.0 Å². The van der Waals surface area contributed by atoms with Gasteiger partial charge >= 0.3 is 12.2 Å². The predicted octanol–water partition coefficient (Wildman–Crippen LogP) is 2.20. The lowest BCUT2D eigenvalue weighted by Crippen LogP contribution is -2.54. The molecule has 10 heteroatoms. The van der Waals surface area contributed by atoms with Crippen molar-refractivity contribution in [3.8, 4) is 0 Å². The smallest absolute Gasteiger partial charge is 0.408 e. The Hall–Kier alpha value is -3.14. The van der Waals surface area contributed by atoms with E-state index in [2.05, 4.69) is 16.0 Å². The number of alkyl carbamates (subject to hydrolysis) is 1. The maximum atomic E-state index is 13.0. The second-order valence-corrected chi connectivity index (χ2v) is 7.86. The first-order chi connectivity index (χ1) is 15.8. The molecule has 3 atom stereocenters. The van der Waals surface area contributed by atoms with E-state index in [0.29, 0.717) is 19.3 Å². The summed E-state index contributed by atoms with van der Waals surface area (Å²) in [6, 6.07) is 7.27. The summed E-state index contributed by atoms with van der Waals surface area (Å²) in [4.78, 5) is 47.9. The third-order valence-corrected chi connectivity index (χ3v) is 5.14. The molecule has 0 heterocycles. The number of Topliss-reactive ketones (excluding diaryl/α,β-unsaturated/α-hetero) is 1. The van der Waals surface area contributed by atoms with Crippen LogP contribution >= 0.6 is 0 Å². The van der Waals surface area contributed by atoms with Crippen molar-refractivity contribution in [2.45, 2.75) is 64.6 Å². The summed E-state index contributed by atoms with van der Waals surface area (Å²) in [5, 5.41) is 25.3. The van der Waals surface area contributed by atoms with Gasteiger partial charge < -0.3 is 30.9 Å². The van der Waals surface area contributed by atoms with E-state index in [9.17, 15) is 24.3 Å². The molecule has 0 aliphatic carbocycles. The second kappa shape index (κ2) is 15.6. The lowest BCUT2D eigenvalue weighted by molar-refractivity contribution is -0.131. The number of carboxylic acid groups (broad SMARTS) is 1. The van der Waals surface area contributed by atoms with E-state index >= 15 is 0 Å². The Morgan fingerprint density at radius 1 is 1.03 bits per heavy atom. The maximum absolute atomic E-state index is 13.0. The minimum absolute atomic E-state index is 0.0547. The largest absolute Gasteiger partial charge is 0.465 e. The number of ketones is 1. The van der Waals surface area contributed by atoms with Gasteiger partial charge in [0.05, 0.1) is 6.04 Å². The number of carbonyl (C=O) groups is 4. The summed E-state index contributed by atoms with van der Waals surface area (Å²) in [6.07, 6.45) is 0.740. The third-order valence-electron chi connectivity index (χ3n) is 5.14. The molecule has 0 aliphatic rings. The number of hydrogen-bond donors (Lipinski definition) is 5. The van der Waals surface area contributed by atoms with E-state index in [1.54, 1.807) is 0 Å². The zero-order valence-electron chi connectivity index (χ0n) is 19.2. The average molecular weight is 466 g/mol. The van der Waals surface area contributed by atoms with Crippen molar-refractivity contribution in [1.82, 2.24) is 16.0 Å². The molecule has 0 radical (unpaired) electrons. The highest BCUT2D eigenvalue weighted by Gasteiger charge is 2.30. The lowest BCUT2D eigenvalue weighted by Gasteiger charge is -2.26.